The van der Waals surface area contributed by atoms with Crippen molar-refractivity contribution in [2.75, 3.05) is 0 Å². The second-order valence-electron chi connectivity index (χ2n) is 3.39. The molecule has 1 aromatic heterocycles. The fourth-order valence-electron chi connectivity index (χ4n) is 1.33. The summed E-state index contributed by atoms with van der Waals surface area (Å²) in [6.45, 7) is 3.99. The van der Waals surface area contributed by atoms with Crippen molar-refractivity contribution >= 4 is 5.97 Å². The third kappa shape index (κ3) is 3.23. The number of aromatic carboxylic acids is 1. The van der Waals surface area contributed by atoms with Crippen LogP contribution in [0.2, 0.25) is 0 Å². The van der Waals surface area contributed by atoms with Gasteiger partial charge in [0.25, 0.3) is 0 Å². The van der Waals surface area contributed by atoms with Crippen molar-refractivity contribution in [2.24, 2.45) is 0 Å². The molecule has 0 aliphatic carbocycles. The predicted molar refractivity (Wildman–Crippen MR) is 56.2 cm³/mol. The lowest BCUT2D eigenvalue weighted by atomic mass is 10.2. The Morgan fingerprint density at radius 2 is 2.40 bits per heavy atom. The van der Waals surface area contributed by atoms with E-state index in [4.69, 9.17) is 9.84 Å². The normalized spacial score (nSPS) is 12.1. The number of carbonyl (C=O) groups is 1. The van der Waals surface area contributed by atoms with E-state index in [1.54, 1.807) is 6.07 Å². The molecule has 0 amide bonds. The van der Waals surface area contributed by atoms with Crippen molar-refractivity contribution in [3.63, 3.8) is 0 Å². The first kappa shape index (κ1) is 11.5. The van der Waals surface area contributed by atoms with Gasteiger partial charge in [0, 0.05) is 12.4 Å². The fourth-order valence-corrected chi connectivity index (χ4v) is 1.33. The SMILES string of the molecule is CCCC(C)Oc1ccncc1C(=O)O. The number of carboxylic acid groups (broad SMARTS) is 1. The maximum absolute atomic E-state index is 10.8. The molecule has 0 saturated carbocycles. The molecule has 0 saturated heterocycles. The molecule has 82 valence electrons. The van der Waals surface area contributed by atoms with Crippen molar-refractivity contribution in [1.29, 1.82) is 0 Å². The summed E-state index contributed by atoms with van der Waals surface area (Å²) in [5, 5.41) is 8.89. The van der Waals surface area contributed by atoms with Gasteiger partial charge in [-0.3, -0.25) is 4.98 Å². The average molecular weight is 209 g/mol. The van der Waals surface area contributed by atoms with Crippen LogP contribution < -0.4 is 4.74 Å². The molecule has 0 aliphatic heterocycles. The topological polar surface area (TPSA) is 59.4 Å². The Balaban J connectivity index is 2.79. The summed E-state index contributed by atoms with van der Waals surface area (Å²) < 4.78 is 5.53. The molecule has 1 aromatic rings. The Labute approximate surface area is 88.9 Å². The summed E-state index contributed by atoms with van der Waals surface area (Å²) in [6.07, 6.45) is 4.77. The van der Waals surface area contributed by atoms with Crippen LogP contribution in [0.4, 0.5) is 0 Å². The van der Waals surface area contributed by atoms with Crippen molar-refractivity contribution in [2.45, 2.75) is 32.8 Å². The lowest BCUT2D eigenvalue weighted by molar-refractivity contribution is 0.0689. The Kier molecular flexibility index (Phi) is 4.09. The van der Waals surface area contributed by atoms with Crippen LogP contribution in [0.1, 0.15) is 37.0 Å². The van der Waals surface area contributed by atoms with Crippen LogP contribution in [0.25, 0.3) is 0 Å². The quantitative estimate of drug-likeness (QED) is 0.808. The molecule has 0 fully saturated rings. The molecular weight excluding hydrogens is 194 g/mol. The fraction of sp³-hybridized carbons (Fsp3) is 0.455. The summed E-state index contributed by atoms with van der Waals surface area (Å²) >= 11 is 0. The first-order valence-corrected chi connectivity index (χ1v) is 4.99. The van der Waals surface area contributed by atoms with Gasteiger partial charge in [0.2, 0.25) is 0 Å². The minimum Gasteiger partial charge on any atom is -0.490 e. The van der Waals surface area contributed by atoms with Crippen LogP contribution in [0.15, 0.2) is 18.5 Å². The number of carboxylic acids is 1. The van der Waals surface area contributed by atoms with Gasteiger partial charge in [0.1, 0.15) is 11.3 Å². The second kappa shape index (κ2) is 5.34. The number of pyridine rings is 1. The molecule has 4 heteroatoms. The van der Waals surface area contributed by atoms with Crippen LogP contribution in [-0.4, -0.2) is 22.2 Å². The minimum absolute atomic E-state index is 0.0236. The highest BCUT2D eigenvalue weighted by molar-refractivity contribution is 5.90. The van der Waals surface area contributed by atoms with E-state index in [1.165, 1.54) is 12.4 Å². The van der Waals surface area contributed by atoms with Crippen LogP contribution in [0.5, 0.6) is 5.75 Å². The van der Waals surface area contributed by atoms with E-state index in [9.17, 15) is 4.79 Å². The molecular formula is C11H15NO3. The van der Waals surface area contributed by atoms with E-state index in [1.807, 2.05) is 6.92 Å². The number of aromatic nitrogens is 1. The number of nitrogens with zero attached hydrogens (tertiary/aromatic N) is 1. The van der Waals surface area contributed by atoms with Gasteiger partial charge in [-0.05, 0) is 19.4 Å². The number of hydrogen-bond acceptors (Lipinski definition) is 3. The predicted octanol–water partition coefficient (Wildman–Crippen LogP) is 2.35. The van der Waals surface area contributed by atoms with Gasteiger partial charge in [0.15, 0.2) is 0 Å². The molecule has 0 aromatic carbocycles. The molecule has 4 nitrogen and oxygen atoms in total. The lowest BCUT2D eigenvalue weighted by Crippen LogP contribution is -2.13. The van der Waals surface area contributed by atoms with Gasteiger partial charge in [-0.2, -0.15) is 0 Å². The molecule has 0 radical (unpaired) electrons. The molecule has 0 bridgehead atoms. The van der Waals surface area contributed by atoms with Gasteiger partial charge in [0.05, 0.1) is 6.10 Å². The van der Waals surface area contributed by atoms with Crippen LogP contribution in [0, 0.1) is 0 Å². The van der Waals surface area contributed by atoms with Crippen molar-refractivity contribution < 1.29 is 14.6 Å². The molecule has 1 unspecified atom stereocenters. The summed E-state index contributed by atoms with van der Waals surface area (Å²) in [6, 6.07) is 1.58. The molecule has 15 heavy (non-hydrogen) atoms. The zero-order valence-corrected chi connectivity index (χ0v) is 8.93. The van der Waals surface area contributed by atoms with Crippen molar-refractivity contribution in [3.8, 4) is 5.75 Å². The first-order chi connectivity index (χ1) is 7.15. The maximum atomic E-state index is 10.8. The Morgan fingerprint density at radius 3 is 3.00 bits per heavy atom. The Hall–Kier alpha value is -1.58. The highest BCUT2D eigenvalue weighted by atomic mass is 16.5. The molecule has 1 N–H and O–H groups in total. The van der Waals surface area contributed by atoms with Gasteiger partial charge in [-0.25, -0.2) is 4.79 Å². The maximum Gasteiger partial charge on any atom is 0.341 e. The third-order valence-corrected chi connectivity index (χ3v) is 2.03. The third-order valence-electron chi connectivity index (χ3n) is 2.03. The molecule has 1 rings (SSSR count). The van der Waals surface area contributed by atoms with Crippen LogP contribution in [0.3, 0.4) is 0 Å². The first-order valence-electron chi connectivity index (χ1n) is 4.99. The molecule has 1 atom stereocenters. The number of rotatable bonds is 5. The number of ether oxygens (including phenoxy) is 1. The van der Waals surface area contributed by atoms with Crippen LogP contribution >= 0.6 is 0 Å². The van der Waals surface area contributed by atoms with Gasteiger partial charge >= 0.3 is 5.97 Å². The van der Waals surface area contributed by atoms with Crippen LogP contribution in [-0.2, 0) is 0 Å². The largest absolute Gasteiger partial charge is 0.490 e. The highest BCUT2D eigenvalue weighted by Gasteiger charge is 2.12. The van der Waals surface area contributed by atoms with E-state index in [-0.39, 0.29) is 11.7 Å². The van der Waals surface area contributed by atoms with Gasteiger partial charge in [-0.1, -0.05) is 13.3 Å². The smallest absolute Gasteiger partial charge is 0.341 e. The van der Waals surface area contributed by atoms with Gasteiger partial charge < -0.3 is 9.84 Å². The number of hydrogen-bond donors (Lipinski definition) is 1. The van der Waals surface area contributed by atoms with E-state index in [0.29, 0.717) is 5.75 Å². The summed E-state index contributed by atoms with van der Waals surface area (Å²) in [4.78, 5) is 14.6. The lowest BCUT2D eigenvalue weighted by Gasteiger charge is -2.14. The van der Waals surface area contributed by atoms with Crippen molar-refractivity contribution in [3.05, 3.63) is 24.0 Å². The zero-order chi connectivity index (χ0) is 11.3. The zero-order valence-electron chi connectivity index (χ0n) is 8.93. The summed E-state index contributed by atoms with van der Waals surface area (Å²) in [5.41, 5.74) is 0.112. The molecule has 0 aliphatic rings. The monoisotopic (exact) mass is 209 g/mol. The highest BCUT2D eigenvalue weighted by Crippen LogP contribution is 2.19. The van der Waals surface area contributed by atoms with E-state index < -0.39 is 5.97 Å². The summed E-state index contributed by atoms with van der Waals surface area (Å²) in [5.74, 6) is -0.625. The average Bonchev–Trinajstić information content (AvgIpc) is 2.18. The molecule has 0 spiro atoms. The minimum atomic E-state index is -1.01. The summed E-state index contributed by atoms with van der Waals surface area (Å²) in [7, 11) is 0. The second-order valence-corrected chi connectivity index (χ2v) is 3.39. The Morgan fingerprint density at radius 1 is 1.67 bits per heavy atom. The van der Waals surface area contributed by atoms with E-state index >= 15 is 0 Å². The standard InChI is InChI=1S/C11H15NO3/c1-3-4-8(2)15-10-5-6-12-7-9(10)11(13)14/h5-8H,3-4H2,1-2H3,(H,13,14). The Bertz CT molecular complexity index is 338. The van der Waals surface area contributed by atoms with E-state index in [2.05, 4.69) is 11.9 Å². The molecule has 1 heterocycles. The van der Waals surface area contributed by atoms with Crippen molar-refractivity contribution in [1.82, 2.24) is 4.98 Å². The van der Waals surface area contributed by atoms with Gasteiger partial charge in [-0.15, -0.1) is 0 Å². The van der Waals surface area contributed by atoms with E-state index in [0.717, 1.165) is 12.8 Å².